The number of carbonyl (C=O) groups is 1. The molecular weight excluding hydrogens is 536 g/mol. The first-order valence-electron chi connectivity index (χ1n) is 15.2. The first-order chi connectivity index (χ1) is 20.9. The Labute approximate surface area is 254 Å². The third kappa shape index (κ3) is 5.94. The second-order valence-electron chi connectivity index (χ2n) is 11.9. The number of hydrogen-bond donors (Lipinski definition) is 0. The summed E-state index contributed by atoms with van der Waals surface area (Å²) >= 11 is 0. The summed E-state index contributed by atoms with van der Waals surface area (Å²) in [7, 11) is 1.68. The van der Waals surface area contributed by atoms with E-state index in [4.69, 9.17) is 19.4 Å². The zero-order valence-electron chi connectivity index (χ0n) is 25.3. The zero-order chi connectivity index (χ0) is 29.9. The number of amides is 1. The molecule has 2 heterocycles. The second kappa shape index (κ2) is 12.5. The average Bonchev–Trinajstić information content (AvgIpc) is 3.06. The maximum absolute atomic E-state index is 12.1. The Morgan fingerprint density at radius 1 is 1.00 bits per heavy atom. The van der Waals surface area contributed by atoms with Gasteiger partial charge in [0.2, 0.25) is 5.91 Å². The smallest absolute Gasteiger partial charge is 0.246 e. The monoisotopic (exact) mass is 576 g/mol. The van der Waals surface area contributed by atoms with E-state index in [1.54, 1.807) is 13.4 Å². The molecule has 1 amide bonds. The van der Waals surface area contributed by atoms with E-state index in [1.165, 1.54) is 28.0 Å². The van der Waals surface area contributed by atoms with Crippen molar-refractivity contribution >= 4 is 22.5 Å². The molecule has 0 saturated carbocycles. The highest BCUT2D eigenvalue weighted by atomic mass is 16.5. The van der Waals surface area contributed by atoms with Gasteiger partial charge in [0.25, 0.3) is 0 Å². The molecule has 43 heavy (non-hydrogen) atoms. The van der Waals surface area contributed by atoms with E-state index >= 15 is 0 Å². The minimum Gasteiger partial charge on any atom is -0.497 e. The summed E-state index contributed by atoms with van der Waals surface area (Å²) in [5, 5.41) is 2.46. The van der Waals surface area contributed by atoms with Gasteiger partial charge in [-0.15, -0.1) is 0 Å². The topological polar surface area (TPSA) is 67.8 Å². The third-order valence-corrected chi connectivity index (χ3v) is 9.13. The van der Waals surface area contributed by atoms with Gasteiger partial charge in [0.05, 0.1) is 7.11 Å². The van der Waals surface area contributed by atoms with Crippen molar-refractivity contribution in [2.45, 2.75) is 39.2 Å². The Balaban J connectivity index is 1.31. The number of anilines is 1. The minimum atomic E-state index is -0.00508. The number of ether oxygens (including phenoxy) is 2. The molecule has 222 valence electrons. The van der Waals surface area contributed by atoms with Crippen molar-refractivity contribution in [1.29, 1.82) is 0 Å². The number of carbonyl (C=O) groups excluding carboxylic acids is 1. The Kier molecular flexibility index (Phi) is 8.32. The fraction of sp³-hybridized carbons (Fsp3) is 0.361. The predicted octanol–water partition coefficient (Wildman–Crippen LogP) is 6.21. The van der Waals surface area contributed by atoms with Crippen molar-refractivity contribution in [1.82, 2.24) is 14.9 Å². The van der Waals surface area contributed by atoms with Crippen LogP contribution in [0.3, 0.4) is 0 Å². The van der Waals surface area contributed by atoms with E-state index < -0.39 is 0 Å². The number of rotatable bonds is 8. The van der Waals surface area contributed by atoms with Gasteiger partial charge in [-0.3, -0.25) is 4.79 Å². The van der Waals surface area contributed by atoms with Gasteiger partial charge in [-0.05, 0) is 82.8 Å². The molecule has 7 nitrogen and oxygen atoms in total. The number of methoxy groups -OCH3 is 1. The molecule has 1 aliphatic carbocycles. The van der Waals surface area contributed by atoms with Crippen molar-refractivity contribution < 1.29 is 14.3 Å². The number of benzene rings is 3. The second-order valence-corrected chi connectivity index (χ2v) is 11.9. The van der Waals surface area contributed by atoms with Gasteiger partial charge < -0.3 is 19.3 Å². The number of piperazine rings is 1. The van der Waals surface area contributed by atoms with E-state index in [0.29, 0.717) is 37.5 Å². The van der Waals surface area contributed by atoms with E-state index in [1.807, 2.05) is 29.2 Å². The van der Waals surface area contributed by atoms with Crippen LogP contribution in [0.4, 0.5) is 5.82 Å². The van der Waals surface area contributed by atoms with Crippen LogP contribution in [0.5, 0.6) is 11.5 Å². The Bertz CT molecular complexity index is 1610. The molecule has 1 aromatic heterocycles. The summed E-state index contributed by atoms with van der Waals surface area (Å²) in [6.07, 6.45) is 4.90. The molecule has 0 spiro atoms. The molecule has 1 fully saturated rings. The van der Waals surface area contributed by atoms with E-state index in [-0.39, 0.29) is 5.91 Å². The summed E-state index contributed by atoms with van der Waals surface area (Å²) in [6, 6.07) is 21.1. The standard InChI is InChI=1S/C36H40N4O3/c1-5-35(41)39-14-16-40(17-15-39)36-33-20-30(24(2)3)32(21-34(33)37-23-38-36)31-19-28(18-26-8-6-7-9-29(26)31)43-22-25-10-12-27(42-4)13-11-25/h5-13,18-19,23-24,30,32H,1,14-17,20-22H2,2-4H3. The summed E-state index contributed by atoms with van der Waals surface area (Å²) in [5.74, 6) is 3.93. The van der Waals surface area contributed by atoms with Crippen LogP contribution in [-0.2, 0) is 24.2 Å². The van der Waals surface area contributed by atoms with Gasteiger partial charge in [0.1, 0.15) is 30.3 Å². The van der Waals surface area contributed by atoms with Crippen LogP contribution in [0.1, 0.15) is 42.1 Å². The van der Waals surface area contributed by atoms with Crippen LogP contribution < -0.4 is 14.4 Å². The van der Waals surface area contributed by atoms with E-state index in [9.17, 15) is 4.79 Å². The van der Waals surface area contributed by atoms with Crippen LogP contribution in [0.15, 0.2) is 79.6 Å². The van der Waals surface area contributed by atoms with Crippen LogP contribution in [0.2, 0.25) is 0 Å². The summed E-state index contributed by atoms with van der Waals surface area (Å²) in [5.41, 5.74) is 4.81. The van der Waals surface area contributed by atoms with Gasteiger partial charge in [-0.1, -0.05) is 56.8 Å². The zero-order valence-corrected chi connectivity index (χ0v) is 25.3. The third-order valence-electron chi connectivity index (χ3n) is 9.13. The van der Waals surface area contributed by atoms with Gasteiger partial charge in [-0.25, -0.2) is 9.97 Å². The lowest BCUT2D eigenvalue weighted by Gasteiger charge is -2.40. The normalized spacial score (nSPS) is 18.4. The van der Waals surface area contributed by atoms with Gasteiger partial charge >= 0.3 is 0 Å². The summed E-state index contributed by atoms with van der Waals surface area (Å²) < 4.78 is 11.7. The Morgan fingerprint density at radius 2 is 1.77 bits per heavy atom. The van der Waals surface area contributed by atoms with E-state index in [0.717, 1.165) is 54.5 Å². The first kappa shape index (κ1) is 28.7. The molecule has 2 aliphatic rings. The lowest BCUT2D eigenvalue weighted by atomic mass is 9.69. The SMILES string of the molecule is C=CC(=O)N1CCN(c2ncnc3c2CC(C(C)C)C(c2cc(OCc4ccc(OC)cc4)cc4ccccc24)C3)CC1. The summed E-state index contributed by atoms with van der Waals surface area (Å²) in [4.78, 5) is 25.9. The van der Waals surface area contributed by atoms with Crippen LogP contribution in [0, 0.1) is 11.8 Å². The van der Waals surface area contributed by atoms with Crippen molar-refractivity contribution in [3.8, 4) is 11.5 Å². The molecule has 6 rings (SSSR count). The molecule has 2 unspecified atom stereocenters. The molecule has 4 aromatic rings. The highest BCUT2D eigenvalue weighted by Gasteiger charge is 2.36. The average molecular weight is 577 g/mol. The Morgan fingerprint density at radius 3 is 2.49 bits per heavy atom. The first-order valence-corrected chi connectivity index (χ1v) is 15.2. The van der Waals surface area contributed by atoms with Gasteiger partial charge in [0.15, 0.2) is 0 Å². The molecule has 3 aromatic carbocycles. The maximum Gasteiger partial charge on any atom is 0.246 e. The van der Waals surface area contributed by atoms with Crippen LogP contribution in [0.25, 0.3) is 10.8 Å². The molecule has 2 atom stereocenters. The number of nitrogens with zero attached hydrogens (tertiary/aromatic N) is 4. The van der Waals surface area contributed by atoms with E-state index in [2.05, 4.69) is 61.7 Å². The fourth-order valence-corrected chi connectivity index (χ4v) is 6.73. The number of hydrogen-bond acceptors (Lipinski definition) is 6. The minimum absolute atomic E-state index is 0.00508. The lowest BCUT2D eigenvalue weighted by molar-refractivity contribution is -0.126. The Hall–Kier alpha value is -4.39. The highest BCUT2D eigenvalue weighted by Crippen LogP contribution is 2.45. The lowest BCUT2D eigenvalue weighted by Crippen LogP contribution is -2.49. The molecule has 1 saturated heterocycles. The summed E-state index contributed by atoms with van der Waals surface area (Å²) in [6.45, 7) is 11.7. The number of fused-ring (bicyclic) bond motifs is 2. The van der Waals surface area contributed by atoms with Crippen molar-refractivity contribution in [2.24, 2.45) is 11.8 Å². The highest BCUT2D eigenvalue weighted by molar-refractivity contribution is 5.88. The van der Waals surface area contributed by atoms with Crippen LogP contribution >= 0.6 is 0 Å². The molecule has 0 bridgehead atoms. The predicted molar refractivity (Wildman–Crippen MR) is 171 cm³/mol. The maximum atomic E-state index is 12.1. The fourth-order valence-electron chi connectivity index (χ4n) is 6.73. The van der Waals surface area contributed by atoms with Gasteiger partial charge in [0, 0.05) is 37.4 Å². The number of aromatic nitrogens is 2. The molecule has 0 N–H and O–H groups in total. The molecule has 1 aliphatic heterocycles. The molecule has 7 heteroatoms. The van der Waals surface area contributed by atoms with Crippen molar-refractivity contribution in [3.05, 3.63) is 102 Å². The molecular formula is C36H40N4O3. The largest absolute Gasteiger partial charge is 0.497 e. The van der Waals surface area contributed by atoms with Gasteiger partial charge in [-0.2, -0.15) is 0 Å². The molecule has 0 radical (unpaired) electrons. The van der Waals surface area contributed by atoms with Crippen molar-refractivity contribution in [3.63, 3.8) is 0 Å². The van der Waals surface area contributed by atoms with Crippen molar-refractivity contribution in [2.75, 3.05) is 38.2 Å². The quantitative estimate of drug-likeness (QED) is 0.233. The van der Waals surface area contributed by atoms with Crippen LogP contribution in [-0.4, -0.2) is 54.1 Å².